The molecule has 0 amide bonds. The molecule has 164 valence electrons. The second-order valence-corrected chi connectivity index (χ2v) is 10.9. The van der Waals surface area contributed by atoms with Crippen LogP contribution in [0.5, 0.6) is 0 Å². The Morgan fingerprint density at radius 2 is 1.29 bits per heavy atom. The third-order valence-corrected chi connectivity index (χ3v) is 8.78. The lowest BCUT2D eigenvalue weighted by Crippen LogP contribution is -2.50. The summed E-state index contributed by atoms with van der Waals surface area (Å²) < 4.78 is 0. The first-order chi connectivity index (χ1) is 13.4. The first-order valence-corrected chi connectivity index (χ1v) is 12.6. The van der Waals surface area contributed by atoms with Crippen molar-refractivity contribution in [3.63, 3.8) is 0 Å². The van der Waals surface area contributed by atoms with Crippen LogP contribution in [0.15, 0.2) is 0 Å². The van der Waals surface area contributed by atoms with E-state index in [0.717, 1.165) is 35.8 Å². The Labute approximate surface area is 176 Å². The maximum atomic E-state index is 2.80. The van der Waals surface area contributed by atoms with E-state index in [9.17, 15) is 0 Å². The van der Waals surface area contributed by atoms with Gasteiger partial charge in [-0.05, 0) is 102 Å². The monoisotopic (exact) mass is 391 g/mol. The summed E-state index contributed by atoms with van der Waals surface area (Å²) in [5.74, 6) is 3.75. The van der Waals surface area contributed by atoms with Gasteiger partial charge in [-0.3, -0.25) is 4.90 Å². The number of hydrogen-bond acceptors (Lipinski definition) is 3. The summed E-state index contributed by atoms with van der Waals surface area (Å²) in [6, 6.07) is 1.68. The molecule has 3 aliphatic rings. The molecule has 1 aliphatic carbocycles. The molecule has 2 atom stereocenters. The summed E-state index contributed by atoms with van der Waals surface area (Å²) in [7, 11) is 2.27. The van der Waals surface area contributed by atoms with Gasteiger partial charge in [-0.15, -0.1) is 0 Å². The van der Waals surface area contributed by atoms with Crippen molar-refractivity contribution >= 4 is 0 Å². The quantitative estimate of drug-likeness (QED) is 0.607. The zero-order valence-electron chi connectivity index (χ0n) is 19.7. The Kier molecular flexibility index (Phi) is 8.68. The van der Waals surface area contributed by atoms with Crippen molar-refractivity contribution in [3.05, 3.63) is 0 Å². The summed E-state index contributed by atoms with van der Waals surface area (Å²) in [4.78, 5) is 8.07. The summed E-state index contributed by atoms with van der Waals surface area (Å²) >= 11 is 0. The van der Waals surface area contributed by atoms with Gasteiger partial charge in [0, 0.05) is 38.3 Å². The zero-order chi connectivity index (χ0) is 20.1. The molecule has 28 heavy (non-hydrogen) atoms. The molecule has 0 N–H and O–H groups in total. The van der Waals surface area contributed by atoms with E-state index >= 15 is 0 Å². The minimum Gasteiger partial charge on any atom is -0.304 e. The third-order valence-electron chi connectivity index (χ3n) is 8.78. The van der Waals surface area contributed by atoms with Crippen molar-refractivity contribution in [1.29, 1.82) is 0 Å². The van der Waals surface area contributed by atoms with E-state index < -0.39 is 0 Å². The average molecular weight is 392 g/mol. The van der Waals surface area contributed by atoms with Gasteiger partial charge in [0.25, 0.3) is 0 Å². The molecule has 0 aromatic heterocycles. The summed E-state index contributed by atoms with van der Waals surface area (Å²) in [6.07, 6.45) is 11.6. The molecule has 0 bridgehead atoms. The molecule has 3 fully saturated rings. The fourth-order valence-corrected chi connectivity index (χ4v) is 6.17. The van der Waals surface area contributed by atoms with Crippen molar-refractivity contribution in [2.24, 2.45) is 23.7 Å². The largest absolute Gasteiger partial charge is 0.304 e. The fourth-order valence-electron chi connectivity index (χ4n) is 6.17. The van der Waals surface area contributed by atoms with Crippen molar-refractivity contribution in [1.82, 2.24) is 14.7 Å². The summed E-state index contributed by atoms with van der Waals surface area (Å²) in [5.41, 5.74) is 0. The molecular weight excluding hydrogens is 342 g/mol. The van der Waals surface area contributed by atoms with Crippen LogP contribution >= 0.6 is 0 Å². The van der Waals surface area contributed by atoms with Gasteiger partial charge in [-0.2, -0.15) is 0 Å². The number of likely N-dealkylation sites (tertiary alicyclic amines) is 1. The number of rotatable bonds is 7. The number of piperidine rings is 1. The third kappa shape index (κ3) is 6.19. The molecule has 2 heterocycles. The number of likely N-dealkylation sites (N-methyl/N-ethyl adjacent to an activating group) is 1. The maximum absolute atomic E-state index is 2.80. The predicted molar refractivity (Wildman–Crippen MR) is 122 cm³/mol. The zero-order valence-corrected chi connectivity index (χ0v) is 19.7. The lowest BCUT2D eigenvalue weighted by atomic mass is 9.76. The Morgan fingerprint density at radius 1 is 0.679 bits per heavy atom. The van der Waals surface area contributed by atoms with E-state index in [1.165, 1.54) is 90.6 Å². The molecular formula is C25H49N3. The molecule has 0 aromatic carbocycles. The van der Waals surface area contributed by atoms with E-state index in [1.807, 2.05) is 0 Å². The van der Waals surface area contributed by atoms with Gasteiger partial charge in [-0.25, -0.2) is 0 Å². The highest BCUT2D eigenvalue weighted by Crippen LogP contribution is 2.35. The lowest BCUT2D eigenvalue weighted by molar-refractivity contribution is 0.0706. The van der Waals surface area contributed by atoms with Crippen molar-refractivity contribution < 1.29 is 0 Å². The van der Waals surface area contributed by atoms with Crippen molar-refractivity contribution in [2.45, 2.75) is 91.1 Å². The number of hydrogen-bond donors (Lipinski definition) is 0. The minimum absolute atomic E-state index is 0.789. The molecule has 0 aromatic rings. The van der Waals surface area contributed by atoms with Crippen LogP contribution in [0.3, 0.4) is 0 Å². The highest BCUT2D eigenvalue weighted by atomic mass is 15.3. The van der Waals surface area contributed by atoms with Crippen molar-refractivity contribution in [2.75, 3.05) is 46.3 Å². The Balaban J connectivity index is 1.33. The number of piperazine rings is 1. The van der Waals surface area contributed by atoms with Crippen LogP contribution in [-0.2, 0) is 0 Å². The van der Waals surface area contributed by atoms with Crippen LogP contribution in [0.25, 0.3) is 0 Å². The van der Waals surface area contributed by atoms with Crippen LogP contribution in [0.1, 0.15) is 79.1 Å². The second-order valence-electron chi connectivity index (χ2n) is 10.9. The predicted octanol–water partition coefficient (Wildman–Crippen LogP) is 4.97. The number of nitrogens with zero attached hydrogens (tertiary/aromatic N) is 3. The van der Waals surface area contributed by atoms with Gasteiger partial charge in [0.05, 0.1) is 0 Å². The highest BCUT2D eigenvalue weighted by Gasteiger charge is 2.30. The molecule has 1 saturated carbocycles. The molecule has 2 saturated heterocycles. The van der Waals surface area contributed by atoms with Crippen LogP contribution in [-0.4, -0.2) is 73.1 Å². The Morgan fingerprint density at radius 3 is 1.86 bits per heavy atom. The highest BCUT2D eigenvalue weighted by molar-refractivity contribution is 4.85. The second kappa shape index (κ2) is 10.8. The summed E-state index contributed by atoms with van der Waals surface area (Å²) in [5, 5.41) is 0. The van der Waals surface area contributed by atoms with Gasteiger partial charge in [0.15, 0.2) is 0 Å². The first kappa shape index (κ1) is 22.6. The topological polar surface area (TPSA) is 9.72 Å². The Bertz CT molecular complexity index is 427. The first-order valence-electron chi connectivity index (χ1n) is 12.6. The van der Waals surface area contributed by atoms with Gasteiger partial charge in [-0.1, -0.05) is 20.8 Å². The van der Waals surface area contributed by atoms with Crippen LogP contribution in [0.4, 0.5) is 0 Å². The SMILES string of the molecule is CC(C)C1CCN(C(C)CCC(C)[C@H]2CC[C@H](N3CCN(C)CC3)CC2)CC1. The average Bonchev–Trinajstić information content (AvgIpc) is 2.72. The lowest BCUT2D eigenvalue weighted by Gasteiger charge is -2.42. The van der Waals surface area contributed by atoms with E-state index in [1.54, 1.807) is 0 Å². The van der Waals surface area contributed by atoms with Crippen LogP contribution in [0, 0.1) is 23.7 Å². The molecule has 3 nitrogen and oxygen atoms in total. The molecule has 2 aliphatic heterocycles. The van der Waals surface area contributed by atoms with Gasteiger partial charge in [0.2, 0.25) is 0 Å². The molecule has 0 radical (unpaired) electrons. The smallest absolute Gasteiger partial charge is 0.0113 e. The standard InChI is InChI=1S/C25H49N3/c1-20(2)23-12-14-27(15-13-23)22(4)7-6-21(3)24-8-10-25(11-9-24)28-18-16-26(5)17-19-28/h20-25H,6-19H2,1-5H3/t21?,22?,24-,25-. The van der Waals surface area contributed by atoms with E-state index in [2.05, 4.69) is 49.4 Å². The molecule has 0 spiro atoms. The molecule has 3 rings (SSSR count). The van der Waals surface area contributed by atoms with E-state index in [0.29, 0.717) is 0 Å². The van der Waals surface area contributed by atoms with Crippen LogP contribution < -0.4 is 0 Å². The summed E-state index contributed by atoms with van der Waals surface area (Å²) in [6.45, 7) is 17.7. The fraction of sp³-hybridized carbons (Fsp3) is 1.00. The molecule has 3 heteroatoms. The normalized spacial score (nSPS) is 31.9. The van der Waals surface area contributed by atoms with E-state index in [-0.39, 0.29) is 0 Å². The van der Waals surface area contributed by atoms with E-state index in [4.69, 9.17) is 0 Å². The van der Waals surface area contributed by atoms with Crippen molar-refractivity contribution in [3.8, 4) is 0 Å². The van der Waals surface area contributed by atoms with Gasteiger partial charge < -0.3 is 9.80 Å². The molecule has 2 unspecified atom stereocenters. The Hall–Kier alpha value is -0.120. The maximum Gasteiger partial charge on any atom is 0.0113 e. The van der Waals surface area contributed by atoms with Gasteiger partial charge >= 0.3 is 0 Å². The minimum atomic E-state index is 0.789. The van der Waals surface area contributed by atoms with Gasteiger partial charge in [0.1, 0.15) is 0 Å². The van der Waals surface area contributed by atoms with Crippen LogP contribution in [0.2, 0.25) is 0 Å².